The van der Waals surface area contributed by atoms with Crippen LogP contribution in [0.2, 0.25) is 0 Å². The van der Waals surface area contributed by atoms with E-state index in [1.165, 1.54) is 39.8 Å². The van der Waals surface area contributed by atoms with Gasteiger partial charge in [0.05, 0.1) is 0 Å². The van der Waals surface area contributed by atoms with Crippen LogP contribution in [0.4, 0.5) is 0 Å². The summed E-state index contributed by atoms with van der Waals surface area (Å²) in [7, 11) is 0. The van der Waals surface area contributed by atoms with Gasteiger partial charge in [0.25, 0.3) is 0 Å². The van der Waals surface area contributed by atoms with Gasteiger partial charge >= 0.3 is 0 Å². The number of allylic oxidation sites excluding steroid dienone is 4. The first-order chi connectivity index (χ1) is 13.6. The molecule has 0 N–H and O–H groups in total. The Labute approximate surface area is 177 Å². The first-order valence-corrected chi connectivity index (χ1v) is 11.2. The second-order valence-electron chi connectivity index (χ2n) is 11.2. The molecule has 0 amide bonds. The van der Waals surface area contributed by atoms with Gasteiger partial charge in [0.15, 0.2) is 0 Å². The highest BCUT2D eigenvalue weighted by Crippen LogP contribution is 2.51. The van der Waals surface area contributed by atoms with E-state index in [0.717, 1.165) is 6.42 Å². The van der Waals surface area contributed by atoms with Gasteiger partial charge in [0, 0.05) is 5.92 Å². The van der Waals surface area contributed by atoms with Gasteiger partial charge in [0.1, 0.15) is 0 Å². The van der Waals surface area contributed by atoms with Gasteiger partial charge in [-0.25, -0.2) is 0 Å². The van der Waals surface area contributed by atoms with Crippen molar-refractivity contribution in [2.24, 2.45) is 5.92 Å². The highest BCUT2D eigenvalue weighted by Gasteiger charge is 2.34. The molecule has 2 aliphatic rings. The molecule has 0 radical (unpaired) electrons. The Bertz CT molecular complexity index is 922. The van der Waals surface area contributed by atoms with Crippen LogP contribution in [0.15, 0.2) is 60.2 Å². The molecule has 152 valence electrons. The molecule has 4 rings (SSSR count). The molecule has 1 unspecified atom stereocenters. The summed E-state index contributed by atoms with van der Waals surface area (Å²) < 4.78 is 0. The zero-order valence-corrected chi connectivity index (χ0v) is 19.3. The number of hydrogen-bond donors (Lipinski definition) is 0. The predicted octanol–water partition coefficient (Wildman–Crippen LogP) is 8.31. The first kappa shape index (κ1) is 20.2. The first-order valence-electron chi connectivity index (χ1n) is 11.2. The maximum absolute atomic E-state index is 2.48. The van der Waals surface area contributed by atoms with E-state index in [1.807, 2.05) is 0 Å². The van der Waals surface area contributed by atoms with E-state index in [1.54, 1.807) is 5.57 Å². The fourth-order valence-corrected chi connectivity index (χ4v) is 5.01. The van der Waals surface area contributed by atoms with Crippen LogP contribution in [-0.2, 0) is 10.8 Å². The SMILES string of the molecule is CC(CC1=CC=CC1)C1c2ccc(C(C)(C)C)cc2-c2cc(C(C)(C)C)ccc21. The molecule has 0 bridgehead atoms. The van der Waals surface area contributed by atoms with E-state index >= 15 is 0 Å². The lowest BCUT2D eigenvalue weighted by Crippen LogP contribution is -2.13. The quantitative estimate of drug-likeness (QED) is 0.499. The zero-order chi connectivity index (χ0) is 21.0. The van der Waals surface area contributed by atoms with Crippen molar-refractivity contribution in [2.75, 3.05) is 0 Å². The lowest BCUT2D eigenvalue weighted by molar-refractivity contribution is 0.511. The van der Waals surface area contributed by atoms with E-state index < -0.39 is 0 Å². The maximum atomic E-state index is 2.48. The highest BCUT2D eigenvalue weighted by atomic mass is 14.4. The van der Waals surface area contributed by atoms with Crippen molar-refractivity contribution in [2.45, 2.75) is 78.1 Å². The summed E-state index contributed by atoms with van der Waals surface area (Å²) >= 11 is 0. The van der Waals surface area contributed by atoms with Gasteiger partial charge < -0.3 is 0 Å². The molecular weight excluding hydrogens is 348 g/mol. The second-order valence-corrected chi connectivity index (χ2v) is 11.2. The molecule has 0 nitrogen and oxygen atoms in total. The number of rotatable bonds is 3. The molecule has 0 spiro atoms. The number of fused-ring (bicyclic) bond motifs is 3. The fraction of sp³-hybridized carbons (Fsp3) is 0.448. The summed E-state index contributed by atoms with van der Waals surface area (Å²) in [5.41, 5.74) is 10.8. The molecule has 0 saturated carbocycles. The largest absolute Gasteiger partial charge is 0.0805 e. The lowest BCUT2D eigenvalue weighted by atomic mass is 9.79. The van der Waals surface area contributed by atoms with Crippen molar-refractivity contribution in [1.29, 1.82) is 0 Å². The Kier molecular flexibility index (Phi) is 4.88. The Balaban J connectivity index is 1.83. The predicted molar refractivity (Wildman–Crippen MR) is 127 cm³/mol. The highest BCUT2D eigenvalue weighted by molar-refractivity contribution is 5.80. The third-order valence-corrected chi connectivity index (χ3v) is 6.80. The van der Waals surface area contributed by atoms with Crippen LogP contribution in [0.25, 0.3) is 11.1 Å². The average Bonchev–Trinajstić information content (AvgIpc) is 3.24. The van der Waals surface area contributed by atoms with Gasteiger partial charge in [-0.15, -0.1) is 0 Å². The van der Waals surface area contributed by atoms with E-state index in [0.29, 0.717) is 11.8 Å². The van der Waals surface area contributed by atoms with Gasteiger partial charge in [-0.1, -0.05) is 109 Å². The molecular formula is C29H36. The number of hydrogen-bond acceptors (Lipinski definition) is 0. The van der Waals surface area contributed by atoms with Crippen molar-refractivity contribution in [3.63, 3.8) is 0 Å². The summed E-state index contributed by atoms with van der Waals surface area (Å²) in [4.78, 5) is 0. The van der Waals surface area contributed by atoms with Gasteiger partial charge in [-0.05, 0) is 63.0 Å². The van der Waals surface area contributed by atoms with Crippen LogP contribution in [0.5, 0.6) is 0 Å². The van der Waals surface area contributed by atoms with Gasteiger partial charge in [-0.3, -0.25) is 0 Å². The Morgan fingerprint density at radius 1 is 0.828 bits per heavy atom. The van der Waals surface area contributed by atoms with E-state index in [2.05, 4.69) is 103 Å². The van der Waals surface area contributed by atoms with Crippen LogP contribution >= 0.6 is 0 Å². The standard InChI is InChI=1S/C29H36/c1-19(16-20-10-8-9-11-20)27-23-14-12-21(28(2,3)4)17-25(23)26-18-22(29(5,6)7)13-15-24(26)27/h8-10,12-15,17-19,27H,11,16H2,1-7H3. The minimum Gasteiger partial charge on any atom is -0.0805 e. The monoisotopic (exact) mass is 384 g/mol. The summed E-state index contributed by atoms with van der Waals surface area (Å²) in [5.74, 6) is 1.09. The van der Waals surface area contributed by atoms with Crippen LogP contribution in [0.1, 0.15) is 89.5 Å². The summed E-state index contributed by atoms with van der Waals surface area (Å²) in [5, 5.41) is 0. The molecule has 2 aliphatic carbocycles. The molecule has 0 saturated heterocycles. The van der Waals surface area contributed by atoms with Gasteiger partial charge in [0.2, 0.25) is 0 Å². The molecule has 1 atom stereocenters. The van der Waals surface area contributed by atoms with Crippen molar-refractivity contribution in [3.05, 3.63) is 82.5 Å². The molecule has 0 heterocycles. The Hall–Kier alpha value is -2.08. The fourth-order valence-electron chi connectivity index (χ4n) is 5.01. The molecule has 2 aromatic carbocycles. The third-order valence-electron chi connectivity index (χ3n) is 6.80. The van der Waals surface area contributed by atoms with E-state index in [9.17, 15) is 0 Å². The molecule has 2 aromatic rings. The normalized spacial score (nSPS) is 17.3. The van der Waals surface area contributed by atoms with E-state index in [-0.39, 0.29) is 10.8 Å². The van der Waals surface area contributed by atoms with Crippen LogP contribution in [0.3, 0.4) is 0 Å². The van der Waals surface area contributed by atoms with Crippen molar-refractivity contribution in [1.82, 2.24) is 0 Å². The third kappa shape index (κ3) is 3.75. The molecule has 0 aliphatic heterocycles. The van der Waals surface area contributed by atoms with Crippen molar-refractivity contribution in [3.8, 4) is 11.1 Å². The summed E-state index contributed by atoms with van der Waals surface area (Å²) in [6.45, 7) is 16.3. The zero-order valence-electron chi connectivity index (χ0n) is 19.3. The minimum atomic E-state index is 0.168. The molecule has 0 aromatic heterocycles. The van der Waals surface area contributed by atoms with Crippen LogP contribution < -0.4 is 0 Å². The average molecular weight is 385 g/mol. The Morgan fingerprint density at radius 3 is 1.76 bits per heavy atom. The molecule has 0 heteroatoms. The smallest absolute Gasteiger partial charge is 0.0130 e. The maximum Gasteiger partial charge on any atom is 0.0130 e. The van der Waals surface area contributed by atoms with E-state index in [4.69, 9.17) is 0 Å². The lowest BCUT2D eigenvalue weighted by Gasteiger charge is -2.24. The van der Waals surface area contributed by atoms with Gasteiger partial charge in [-0.2, -0.15) is 0 Å². The van der Waals surface area contributed by atoms with Crippen LogP contribution in [-0.4, -0.2) is 0 Å². The summed E-state index contributed by atoms with van der Waals surface area (Å²) in [6.07, 6.45) is 9.12. The van der Waals surface area contributed by atoms with Crippen LogP contribution in [0, 0.1) is 5.92 Å². The molecule has 29 heavy (non-hydrogen) atoms. The second kappa shape index (κ2) is 7.01. The molecule has 0 fully saturated rings. The van der Waals surface area contributed by atoms with Crippen molar-refractivity contribution < 1.29 is 0 Å². The Morgan fingerprint density at radius 2 is 1.34 bits per heavy atom. The number of benzene rings is 2. The minimum absolute atomic E-state index is 0.168. The van der Waals surface area contributed by atoms with Crippen molar-refractivity contribution >= 4 is 0 Å². The summed E-state index contributed by atoms with van der Waals surface area (Å²) in [6, 6.07) is 14.5. The topological polar surface area (TPSA) is 0 Å².